The molecule has 0 spiro atoms. The molecule has 1 aliphatic heterocycles. The lowest BCUT2D eigenvalue weighted by Crippen LogP contribution is -2.24. The molecule has 1 heterocycles. The zero-order chi connectivity index (χ0) is 11.4. The Labute approximate surface area is 111 Å². The lowest BCUT2D eigenvalue weighted by Gasteiger charge is -2.16. The molecule has 0 aliphatic carbocycles. The SMILES string of the molecule is CNCC1CCN(Cc2ccc(C)cc2)C1.Cl. The summed E-state index contributed by atoms with van der Waals surface area (Å²) in [6, 6.07) is 8.91. The maximum atomic E-state index is 3.27. The van der Waals surface area contributed by atoms with Gasteiger partial charge in [0.1, 0.15) is 0 Å². The van der Waals surface area contributed by atoms with E-state index in [2.05, 4.69) is 41.4 Å². The van der Waals surface area contributed by atoms with Gasteiger partial charge in [-0.05, 0) is 45.0 Å². The van der Waals surface area contributed by atoms with Crippen molar-refractivity contribution >= 4 is 12.4 Å². The van der Waals surface area contributed by atoms with Crippen molar-refractivity contribution in [2.45, 2.75) is 19.9 Å². The van der Waals surface area contributed by atoms with Crippen LogP contribution in [0.3, 0.4) is 0 Å². The molecular weight excluding hydrogens is 232 g/mol. The number of aryl methyl sites for hydroxylation is 1. The van der Waals surface area contributed by atoms with Crippen molar-refractivity contribution in [1.29, 1.82) is 0 Å². The molecule has 17 heavy (non-hydrogen) atoms. The molecule has 1 saturated heterocycles. The van der Waals surface area contributed by atoms with Crippen LogP contribution < -0.4 is 5.32 Å². The van der Waals surface area contributed by atoms with Crippen LogP contribution in [-0.4, -0.2) is 31.6 Å². The highest BCUT2D eigenvalue weighted by Crippen LogP contribution is 2.18. The maximum absolute atomic E-state index is 3.27. The number of rotatable bonds is 4. The van der Waals surface area contributed by atoms with Crippen LogP contribution in [0.15, 0.2) is 24.3 Å². The summed E-state index contributed by atoms with van der Waals surface area (Å²) in [5.74, 6) is 0.843. The third-order valence-corrected chi connectivity index (χ3v) is 3.39. The minimum atomic E-state index is 0. The van der Waals surface area contributed by atoms with Gasteiger partial charge in [0, 0.05) is 13.1 Å². The van der Waals surface area contributed by atoms with E-state index in [4.69, 9.17) is 0 Å². The van der Waals surface area contributed by atoms with E-state index in [1.807, 2.05) is 7.05 Å². The second-order valence-electron chi connectivity index (χ2n) is 4.93. The van der Waals surface area contributed by atoms with Crippen molar-refractivity contribution in [3.05, 3.63) is 35.4 Å². The molecule has 2 rings (SSSR count). The topological polar surface area (TPSA) is 15.3 Å². The van der Waals surface area contributed by atoms with Crippen molar-refractivity contribution in [2.75, 3.05) is 26.7 Å². The Kier molecular flexibility index (Phi) is 5.96. The van der Waals surface area contributed by atoms with Gasteiger partial charge in [0.05, 0.1) is 0 Å². The predicted octanol–water partition coefficient (Wildman–Crippen LogP) is 2.46. The van der Waals surface area contributed by atoms with E-state index in [1.54, 1.807) is 0 Å². The molecule has 96 valence electrons. The molecule has 0 bridgehead atoms. The predicted molar refractivity (Wildman–Crippen MR) is 75.7 cm³/mol. The average Bonchev–Trinajstić information content (AvgIpc) is 2.70. The largest absolute Gasteiger partial charge is 0.319 e. The minimum Gasteiger partial charge on any atom is -0.319 e. The van der Waals surface area contributed by atoms with Gasteiger partial charge in [-0.1, -0.05) is 29.8 Å². The number of nitrogens with zero attached hydrogens (tertiary/aromatic N) is 1. The van der Waals surface area contributed by atoms with Crippen LogP contribution in [0.1, 0.15) is 17.5 Å². The summed E-state index contributed by atoms with van der Waals surface area (Å²) in [6.45, 7) is 6.91. The average molecular weight is 255 g/mol. The lowest BCUT2D eigenvalue weighted by molar-refractivity contribution is 0.315. The number of hydrogen-bond donors (Lipinski definition) is 1. The second-order valence-corrected chi connectivity index (χ2v) is 4.93. The van der Waals surface area contributed by atoms with Gasteiger partial charge in [0.2, 0.25) is 0 Å². The summed E-state index contributed by atoms with van der Waals surface area (Å²) < 4.78 is 0. The molecule has 1 unspecified atom stereocenters. The standard InChI is InChI=1S/C14H22N2.ClH/c1-12-3-5-13(6-4-12)10-16-8-7-14(11-16)9-15-2;/h3-6,14-15H,7-11H2,1-2H3;1H. The van der Waals surface area contributed by atoms with E-state index in [-0.39, 0.29) is 12.4 Å². The second kappa shape index (κ2) is 7.00. The van der Waals surface area contributed by atoms with Gasteiger partial charge in [-0.2, -0.15) is 0 Å². The van der Waals surface area contributed by atoms with Gasteiger partial charge < -0.3 is 5.32 Å². The van der Waals surface area contributed by atoms with Gasteiger partial charge >= 0.3 is 0 Å². The Balaban J connectivity index is 0.00000144. The Morgan fingerprint density at radius 2 is 2.00 bits per heavy atom. The number of nitrogens with one attached hydrogen (secondary N) is 1. The van der Waals surface area contributed by atoms with Crippen molar-refractivity contribution in [2.24, 2.45) is 5.92 Å². The molecule has 0 aromatic heterocycles. The first-order valence-corrected chi connectivity index (χ1v) is 6.20. The monoisotopic (exact) mass is 254 g/mol. The van der Waals surface area contributed by atoms with Crippen LogP contribution >= 0.6 is 12.4 Å². The van der Waals surface area contributed by atoms with E-state index < -0.39 is 0 Å². The highest BCUT2D eigenvalue weighted by molar-refractivity contribution is 5.85. The number of benzene rings is 1. The molecule has 0 radical (unpaired) electrons. The molecule has 1 aliphatic rings. The van der Waals surface area contributed by atoms with Crippen LogP contribution in [0.4, 0.5) is 0 Å². The Morgan fingerprint density at radius 3 is 2.65 bits per heavy atom. The molecule has 0 saturated carbocycles. The quantitative estimate of drug-likeness (QED) is 0.888. The zero-order valence-electron chi connectivity index (χ0n) is 10.8. The van der Waals surface area contributed by atoms with Gasteiger partial charge in [-0.15, -0.1) is 12.4 Å². The van der Waals surface area contributed by atoms with Gasteiger partial charge in [0.25, 0.3) is 0 Å². The van der Waals surface area contributed by atoms with E-state index >= 15 is 0 Å². The lowest BCUT2D eigenvalue weighted by atomic mass is 10.1. The summed E-state index contributed by atoms with van der Waals surface area (Å²) in [5, 5.41) is 3.27. The molecule has 1 aromatic rings. The molecule has 0 amide bonds. The van der Waals surface area contributed by atoms with Crippen LogP contribution in [0.2, 0.25) is 0 Å². The molecule has 1 aromatic carbocycles. The minimum absolute atomic E-state index is 0. The van der Waals surface area contributed by atoms with Crippen molar-refractivity contribution in [3.63, 3.8) is 0 Å². The molecule has 2 nitrogen and oxygen atoms in total. The fourth-order valence-corrected chi connectivity index (χ4v) is 2.46. The number of likely N-dealkylation sites (tertiary alicyclic amines) is 1. The van der Waals surface area contributed by atoms with Crippen molar-refractivity contribution in [1.82, 2.24) is 10.2 Å². The van der Waals surface area contributed by atoms with Gasteiger partial charge in [-0.25, -0.2) is 0 Å². The van der Waals surface area contributed by atoms with Crippen molar-refractivity contribution in [3.8, 4) is 0 Å². The van der Waals surface area contributed by atoms with E-state index in [0.717, 1.165) is 19.0 Å². The zero-order valence-corrected chi connectivity index (χ0v) is 11.6. The van der Waals surface area contributed by atoms with E-state index in [0.29, 0.717) is 0 Å². The molecule has 1 fully saturated rings. The first kappa shape index (κ1) is 14.5. The summed E-state index contributed by atoms with van der Waals surface area (Å²) in [5.41, 5.74) is 2.79. The van der Waals surface area contributed by atoms with Crippen LogP contribution in [0, 0.1) is 12.8 Å². The van der Waals surface area contributed by atoms with E-state index in [9.17, 15) is 0 Å². The van der Waals surface area contributed by atoms with Crippen LogP contribution in [0.5, 0.6) is 0 Å². The van der Waals surface area contributed by atoms with Crippen LogP contribution in [-0.2, 0) is 6.54 Å². The highest BCUT2D eigenvalue weighted by atomic mass is 35.5. The number of halogens is 1. The van der Waals surface area contributed by atoms with Gasteiger partial charge in [0.15, 0.2) is 0 Å². The highest BCUT2D eigenvalue weighted by Gasteiger charge is 2.21. The van der Waals surface area contributed by atoms with Crippen LogP contribution in [0.25, 0.3) is 0 Å². The first-order valence-electron chi connectivity index (χ1n) is 6.20. The summed E-state index contributed by atoms with van der Waals surface area (Å²) >= 11 is 0. The fourth-order valence-electron chi connectivity index (χ4n) is 2.46. The third kappa shape index (κ3) is 4.30. The summed E-state index contributed by atoms with van der Waals surface area (Å²) in [7, 11) is 2.04. The maximum Gasteiger partial charge on any atom is 0.0233 e. The van der Waals surface area contributed by atoms with Crippen molar-refractivity contribution < 1.29 is 0 Å². The summed E-state index contributed by atoms with van der Waals surface area (Å²) in [4.78, 5) is 2.56. The first-order chi connectivity index (χ1) is 7.78. The molecule has 1 N–H and O–H groups in total. The Bertz CT molecular complexity index is 323. The Hall–Kier alpha value is -0.570. The normalized spacial score (nSPS) is 20.2. The van der Waals surface area contributed by atoms with E-state index in [1.165, 1.54) is 30.6 Å². The Morgan fingerprint density at radius 1 is 1.29 bits per heavy atom. The fraction of sp³-hybridized carbons (Fsp3) is 0.571. The summed E-state index contributed by atoms with van der Waals surface area (Å²) in [6.07, 6.45) is 1.34. The molecular formula is C14H23ClN2. The molecule has 3 heteroatoms. The number of hydrogen-bond acceptors (Lipinski definition) is 2. The van der Waals surface area contributed by atoms with Gasteiger partial charge in [-0.3, -0.25) is 4.90 Å². The smallest absolute Gasteiger partial charge is 0.0233 e. The molecule has 1 atom stereocenters. The third-order valence-electron chi connectivity index (χ3n) is 3.39.